The summed E-state index contributed by atoms with van der Waals surface area (Å²) in [5.41, 5.74) is 2.57. The molecule has 0 aliphatic carbocycles. The summed E-state index contributed by atoms with van der Waals surface area (Å²) in [5.74, 6) is 0.568. The van der Waals surface area contributed by atoms with E-state index < -0.39 is 10.0 Å². The SMILES string of the molecule is CC(=O)Nc1ccc(S(=O)(=O)NCCOc2c(C)cccc2C)cc1. The van der Waals surface area contributed by atoms with Crippen LogP contribution in [0.4, 0.5) is 5.69 Å². The maximum atomic E-state index is 12.3. The van der Waals surface area contributed by atoms with Crippen LogP contribution >= 0.6 is 0 Å². The van der Waals surface area contributed by atoms with Gasteiger partial charge in [0.1, 0.15) is 12.4 Å². The first-order valence-corrected chi connectivity index (χ1v) is 9.34. The molecule has 0 unspecified atom stereocenters. The first-order valence-electron chi connectivity index (χ1n) is 7.86. The summed E-state index contributed by atoms with van der Waals surface area (Å²) in [5, 5.41) is 2.59. The van der Waals surface area contributed by atoms with Crippen molar-refractivity contribution in [3.63, 3.8) is 0 Å². The number of benzene rings is 2. The quantitative estimate of drug-likeness (QED) is 0.742. The van der Waals surface area contributed by atoms with Crippen LogP contribution in [0.15, 0.2) is 47.4 Å². The zero-order valence-corrected chi connectivity index (χ0v) is 15.3. The average molecular weight is 362 g/mol. The third-order valence-electron chi connectivity index (χ3n) is 3.53. The summed E-state index contributed by atoms with van der Waals surface area (Å²) in [6, 6.07) is 11.8. The topological polar surface area (TPSA) is 84.5 Å². The van der Waals surface area contributed by atoms with Gasteiger partial charge < -0.3 is 10.1 Å². The number of aryl methyl sites for hydroxylation is 2. The smallest absolute Gasteiger partial charge is 0.240 e. The van der Waals surface area contributed by atoms with Crippen LogP contribution in [0.3, 0.4) is 0 Å². The molecule has 7 heteroatoms. The second kappa shape index (κ2) is 8.13. The van der Waals surface area contributed by atoms with E-state index in [9.17, 15) is 13.2 Å². The molecule has 0 fully saturated rings. The van der Waals surface area contributed by atoms with Crippen molar-refractivity contribution in [3.05, 3.63) is 53.6 Å². The van der Waals surface area contributed by atoms with Gasteiger partial charge in [-0.05, 0) is 49.2 Å². The summed E-state index contributed by atoms with van der Waals surface area (Å²) >= 11 is 0. The standard InChI is InChI=1S/C18H22N2O4S/c1-13-5-4-6-14(2)18(13)24-12-11-19-25(22,23)17-9-7-16(8-10-17)20-15(3)21/h4-10,19H,11-12H2,1-3H3,(H,20,21). The summed E-state index contributed by atoms with van der Waals surface area (Å²) < 4.78 is 32.7. The molecular weight excluding hydrogens is 340 g/mol. The van der Waals surface area contributed by atoms with Crippen LogP contribution < -0.4 is 14.8 Å². The van der Waals surface area contributed by atoms with Crippen molar-refractivity contribution in [2.45, 2.75) is 25.7 Å². The van der Waals surface area contributed by atoms with Crippen LogP contribution in [-0.4, -0.2) is 27.5 Å². The molecule has 0 aliphatic rings. The lowest BCUT2D eigenvalue weighted by Crippen LogP contribution is -2.28. The third-order valence-corrected chi connectivity index (χ3v) is 5.01. The molecule has 0 saturated carbocycles. The lowest BCUT2D eigenvalue weighted by molar-refractivity contribution is -0.114. The van der Waals surface area contributed by atoms with E-state index in [4.69, 9.17) is 4.74 Å². The molecule has 0 bridgehead atoms. The molecule has 0 saturated heterocycles. The van der Waals surface area contributed by atoms with Gasteiger partial charge in [-0.1, -0.05) is 18.2 Å². The van der Waals surface area contributed by atoms with Gasteiger partial charge in [0.05, 0.1) is 4.90 Å². The van der Waals surface area contributed by atoms with Gasteiger partial charge in [-0.3, -0.25) is 4.79 Å². The lowest BCUT2D eigenvalue weighted by atomic mass is 10.1. The molecule has 0 atom stereocenters. The highest BCUT2D eigenvalue weighted by molar-refractivity contribution is 7.89. The maximum Gasteiger partial charge on any atom is 0.240 e. The molecule has 134 valence electrons. The largest absolute Gasteiger partial charge is 0.492 e. The van der Waals surface area contributed by atoms with E-state index in [1.165, 1.54) is 19.1 Å². The van der Waals surface area contributed by atoms with Gasteiger partial charge in [-0.2, -0.15) is 0 Å². The average Bonchev–Trinajstić information content (AvgIpc) is 2.53. The molecule has 1 amide bonds. The summed E-state index contributed by atoms with van der Waals surface area (Å²) in [4.78, 5) is 11.1. The van der Waals surface area contributed by atoms with Crippen LogP contribution in [0, 0.1) is 13.8 Å². The first-order chi connectivity index (χ1) is 11.8. The Bertz CT molecular complexity index is 826. The minimum Gasteiger partial charge on any atom is -0.492 e. The number of para-hydroxylation sites is 1. The van der Waals surface area contributed by atoms with Crippen molar-refractivity contribution in [1.82, 2.24) is 4.72 Å². The normalized spacial score (nSPS) is 11.2. The second-order valence-corrected chi connectivity index (χ2v) is 7.44. The molecule has 2 aromatic rings. The fraction of sp³-hybridized carbons (Fsp3) is 0.278. The van der Waals surface area contributed by atoms with Gasteiger partial charge in [0.15, 0.2) is 0 Å². The van der Waals surface area contributed by atoms with E-state index in [1.54, 1.807) is 12.1 Å². The van der Waals surface area contributed by atoms with Crippen LogP contribution in [0.5, 0.6) is 5.75 Å². The van der Waals surface area contributed by atoms with E-state index in [0.29, 0.717) is 5.69 Å². The van der Waals surface area contributed by atoms with Crippen molar-refractivity contribution < 1.29 is 17.9 Å². The Hall–Kier alpha value is -2.38. The Morgan fingerprint density at radius 3 is 2.20 bits per heavy atom. The fourth-order valence-corrected chi connectivity index (χ4v) is 3.37. The minimum absolute atomic E-state index is 0.133. The summed E-state index contributed by atoms with van der Waals surface area (Å²) in [6.45, 7) is 5.67. The Morgan fingerprint density at radius 1 is 1.04 bits per heavy atom. The highest BCUT2D eigenvalue weighted by Gasteiger charge is 2.13. The zero-order chi connectivity index (χ0) is 18.4. The minimum atomic E-state index is -3.62. The number of sulfonamides is 1. The Balaban J connectivity index is 1.92. The molecule has 0 spiro atoms. The van der Waals surface area contributed by atoms with Gasteiger partial charge in [0, 0.05) is 19.2 Å². The third kappa shape index (κ3) is 5.30. The van der Waals surface area contributed by atoms with E-state index in [-0.39, 0.29) is 24.0 Å². The van der Waals surface area contributed by atoms with Crippen molar-refractivity contribution in [2.24, 2.45) is 0 Å². The Kier molecular flexibility index (Phi) is 6.17. The van der Waals surface area contributed by atoms with E-state index >= 15 is 0 Å². The molecule has 0 aromatic heterocycles. The van der Waals surface area contributed by atoms with E-state index in [2.05, 4.69) is 10.0 Å². The van der Waals surface area contributed by atoms with Crippen LogP contribution in [-0.2, 0) is 14.8 Å². The number of carbonyl (C=O) groups is 1. The summed E-state index contributed by atoms with van der Waals surface area (Å²) in [7, 11) is -3.62. The van der Waals surface area contributed by atoms with Crippen LogP contribution in [0.2, 0.25) is 0 Å². The van der Waals surface area contributed by atoms with E-state index in [0.717, 1.165) is 16.9 Å². The molecule has 0 heterocycles. The molecule has 2 rings (SSSR count). The van der Waals surface area contributed by atoms with Crippen LogP contribution in [0.25, 0.3) is 0 Å². The van der Waals surface area contributed by atoms with E-state index in [1.807, 2.05) is 32.0 Å². The van der Waals surface area contributed by atoms with Gasteiger partial charge in [0.25, 0.3) is 0 Å². The van der Waals surface area contributed by atoms with Gasteiger partial charge in [-0.15, -0.1) is 0 Å². The summed E-state index contributed by atoms with van der Waals surface area (Å²) in [6.07, 6.45) is 0. The Labute approximate surface area is 148 Å². The number of ether oxygens (including phenoxy) is 1. The molecular formula is C18H22N2O4S. The molecule has 2 aromatic carbocycles. The monoisotopic (exact) mass is 362 g/mol. The highest BCUT2D eigenvalue weighted by atomic mass is 32.2. The number of nitrogens with one attached hydrogen (secondary N) is 2. The molecule has 0 aliphatic heterocycles. The number of carbonyl (C=O) groups excluding carboxylic acids is 1. The maximum absolute atomic E-state index is 12.3. The number of anilines is 1. The predicted octanol–water partition coefficient (Wildman–Crippen LogP) is 2.62. The molecule has 0 radical (unpaired) electrons. The number of hydrogen-bond donors (Lipinski definition) is 2. The predicted molar refractivity (Wildman–Crippen MR) is 97.3 cm³/mol. The lowest BCUT2D eigenvalue weighted by Gasteiger charge is -2.12. The number of rotatable bonds is 7. The highest BCUT2D eigenvalue weighted by Crippen LogP contribution is 2.22. The number of hydrogen-bond acceptors (Lipinski definition) is 4. The number of amides is 1. The van der Waals surface area contributed by atoms with Gasteiger partial charge in [0.2, 0.25) is 15.9 Å². The first kappa shape index (κ1) is 19.0. The van der Waals surface area contributed by atoms with Crippen molar-refractivity contribution in [3.8, 4) is 5.75 Å². The second-order valence-electron chi connectivity index (χ2n) is 5.67. The van der Waals surface area contributed by atoms with Crippen LogP contribution in [0.1, 0.15) is 18.1 Å². The molecule has 2 N–H and O–H groups in total. The Morgan fingerprint density at radius 2 is 1.64 bits per heavy atom. The molecule has 6 nitrogen and oxygen atoms in total. The van der Waals surface area contributed by atoms with Gasteiger partial charge in [-0.25, -0.2) is 13.1 Å². The fourth-order valence-electron chi connectivity index (χ4n) is 2.36. The molecule has 25 heavy (non-hydrogen) atoms. The zero-order valence-electron chi connectivity index (χ0n) is 14.5. The van der Waals surface area contributed by atoms with Crippen molar-refractivity contribution in [1.29, 1.82) is 0 Å². The van der Waals surface area contributed by atoms with Gasteiger partial charge >= 0.3 is 0 Å². The van der Waals surface area contributed by atoms with Crippen molar-refractivity contribution in [2.75, 3.05) is 18.5 Å². The van der Waals surface area contributed by atoms with Crippen molar-refractivity contribution >= 4 is 21.6 Å².